The molecule has 2 rings (SSSR count). The van der Waals surface area contributed by atoms with Crippen LogP contribution in [0.4, 0.5) is 0 Å². The highest BCUT2D eigenvalue weighted by molar-refractivity contribution is 6.08. The number of aryl methyl sites for hydroxylation is 1. The Hall–Kier alpha value is -2.95. The Morgan fingerprint density at radius 3 is 2.28 bits per heavy atom. The number of rotatable bonds is 6. The first-order valence-corrected chi connectivity index (χ1v) is 8.13. The summed E-state index contributed by atoms with van der Waals surface area (Å²) >= 11 is 0. The predicted molar refractivity (Wildman–Crippen MR) is 92.9 cm³/mol. The number of carbonyl (C=O) groups is 3. The summed E-state index contributed by atoms with van der Waals surface area (Å²) in [7, 11) is 0. The average molecular weight is 340 g/mol. The molecule has 5 heteroatoms. The smallest absolute Gasteiger partial charge is 0.347 e. The molecule has 0 aliphatic heterocycles. The minimum Gasteiger partial charge on any atom is -0.478 e. The summed E-state index contributed by atoms with van der Waals surface area (Å²) in [5.74, 6) is -2.96. The summed E-state index contributed by atoms with van der Waals surface area (Å²) in [6.45, 7) is 3.82. The number of carboxylic acid groups (broad SMARTS) is 1. The highest BCUT2D eigenvalue weighted by Gasteiger charge is 2.25. The fraction of sp³-hybridized carbons (Fsp3) is 0.250. The van der Waals surface area contributed by atoms with E-state index in [1.807, 2.05) is 13.8 Å². The number of carbonyl (C=O) groups excluding carboxylic acids is 2. The summed E-state index contributed by atoms with van der Waals surface area (Å²) in [6.07, 6.45) is 2.25. The molecular formula is C20H20O5. The first-order valence-electron chi connectivity index (χ1n) is 8.13. The standard InChI is InChI=1S/C20H20O5/c1-3-4-10-15-13(2)11-12-16(18(21)22)17(15)20(24)25-19(23)14-8-6-5-7-9-14/h5-9,11-12H,3-4,10H2,1-2H3,(H,21,22). The largest absolute Gasteiger partial charge is 0.478 e. The first-order chi connectivity index (χ1) is 12.0. The van der Waals surface area contributed by atoms with Gasteiger partial charge in [-0.2, -0.15) is 0 Å². The van der Waals surface area contributed by atoms with Crippen LogP contribution < -0.4 is 0 Å². The third kappa shape index (κ3) is 4.32. The van der Waals surface area contributed by atoms with Gasteiger partial charge in [-0.15, -0.1) is 0 Å². The fourth-order valence-electron chi connectivity index (χ4n) is 2.61. The molecule has 0 aliphatic rings. The maximum Gasteiger partial charge on any atom is 0.347 e. The topological polar surface area (TPSA) is 80.7 Å². The van der Waals surface area contributed by atoms with E-state index in [0.29, 0.717) is 12.0 Å². The SMILES string of the molecule is CCCCc1c(C)ccc(C(=O)O)c1C(=O)OC(=O)c1ccccc1. The minimum absolute atomic E-state index is 0.0368. The van der Waals surface area contributed by atoms with Crippen LogP contribution in [0.5, 0.6) is 0 Å². The third-order valence-electron chi connectivity index (χ3n) is 3.96. The number of unbranched alkanes of at least 4 members (excludes halogenated alkanes) is 1. The van der Waals surface area contributed by atoms with Gasteiger partial charge in [0.2, 0.25) is 0 Å². The lowest BCUT2D eigenvalue weighted by molar-refractivity contribution is 0.0391. The number of benzene rings is 2. The Kier molecular flexibility index (Phi) is 6.06. The van der Waals surface area contributed by atoms with E-state index in [-0.39, 0.29) is 16.7 Å². The van der Waals surface area contributed by atoms with E-state index in [1.165, 1.54) is 18.2 Å². The highest BCUT2D eigenvalue weighted by Crippen LogP contribution is 2.23. The second-order valence-corrected chi connectivity index (χ2v) is 5.74. The van der Waals surface area contributed by atoms with Crippen LogP contribution in [0, 0.1) is 6.92 Å². The van der Waals surface area contributed by atoms with Crippen molar-refractivity contribution in [2.24, 2.45) is 0 Å². The van der Waals surface area contributed by atoms with Gasteiger partial charge in [0, 0.05) is 0 Å². The second kappa shape index (κ2) is 8.24. The molecule has 1 N–H and O–H groups in total. The Morgan fingerprint density at radius 1 is 1.00 bits per heavy atom. The van der Waals surface area contributed by atoms with E-state index < -0.39 is 17.9 Å². The van der Waals surface area contributed by atoms with E-state index >= 15 is 0 Å². The fourth-order valence-corrected chi connectivity index (χ4v) is 2.61. The van der Waals surface area contributed by atoms with Crippen molar-refractivity contribution < 1.29 is 24.2 Å². The molecule has 0 fully saturated rings. The Bertz CT molecular complexity index is 793. The molecule has 0 atom stereocenters. The van der Waals surface area contributed by atoms with Gasteiger partial charge in [0.25, 0.3) is 0 Å². The monoisotopic (exact) mass is 340 g/mol. The summed E-state index contributed by atoms with van der Waals surface area (Å²) in [6, 6.07) is 11.2. The number of hydrogen-bond acceptors (Lipinski definition) is 4. The molecule has 0 heterocycles. The molecule has 2 aromatic rings. The minimum atomic E-state index is -1.23. The van der Waals surface area contributed by atoms with Crippen molar-refractivity contribution in [3.63, 3.8) is 0 Å². The normalized spacial score (nSPS) is 10.3. The average Bonchev–Trinajstić information content (AvgIpc) is 2.60. The molecule has 0 saturated carbocycles. The van der Waals surface area contributed by atoms with Crippen molar-refractivity contribution >= 4 is 17.9 Å². The number of aromatic carboxylic acids is 1. The molecule has 2 aromatic carbocycles. The maximum absolute atomic E-state index is 12.6. The van der Waals surface area contributed by atoms with E-state index in [0.717, 1.165) is 18.4 Å². The van der Waals surface area contributed by atoms with Crippen LogP contribution >= 0.6 is 0 Å². The van der Waals surface area contributed by atoms with Gasteiger partial charge in [-0.1, -0.05) is 37.6 Å². The van der Waals surface area contributed by atoms with E-state index in [4.69, 9.17) is 4.74 Å². The van der Waals surface area contributed by atoms with Crippen LogP contribution in [0.3, 0.4) is 0 Å². The molecule has 0 aromatic heterocycles. The van der Waals surface area contributed by atoms with Crippen LogP contribution in [0.25, 0.3) is 0 Å². The zero-order valence-electron chi connectivity index (χ0n) is 14.2. The van der Waals surface area contributed by atoms with Gasteiger partial charge in [0.05, 0.1) is 16.7 Å². The molecule has 5 nitrogen and oxygen atoms in total. The Labute approximate surface area is 146 Å². The molecule has 0 aliphatic carbocycles. The molecule has 130 valence electrons. The van der Waals surface area contributed by atoms with E-state index in [1.54, 1.807) is 24.3 Å². The molecule has 0 radical (unpaired) electrons. The predicted octanol–water partition coefficient (Wildman–Crippen LogP) is 4.03. The Morgan fingerprint density at radius 2 is 1.68 bits per heavy atom. The van der Waals surface area contributed by atoms with Crippen LogP contribution in [0.2, 0.25) is 0 Å². The molecule has 0 bridgehead atoms. The van der Waals surface area contributed by atoms with Crippen LogP contribution in [-0.4, -0.2) is 23.0 Å². The molecule has 25 heavy (non-hydrogen) atoms. The second-order valence-electron chi connectivity index (χ2n) is 5.74. The summed E-state index contributed by atoms with van der Waals surface area (Å²) in [5.41, 5.74) is 1.47. The van der Waals surface area contributed by atoms with Gasteiger partial charge < -0.3 is 9.84 Å². The summed E-state index contributed by atoms with van der Waals surface area (Å²) in [5, 5.41) is 9.41. The highest BCUT2D eigenvalue weighted by atomic mass is 16.6. The van der Waals surface area contributed by atoms with Crippen molar-refractivity contribution in [1.29, 1.82) is 0 Å². The van der Waals surface area contributed by atoms with Crippen LogP contribution in [-0.2, 0) is 11.2 Å². The number of ether oxygens (including phenoxy) is 1. The number of esters is 2. The number of hydrogen-bond donors (Lipinski definition) is 1. The van der Waals surface area contributed by atoms with Crippen LogP contribution in [0.1, 0.15) is 62.0 Å². The zero-order chi connectivity index (χ0) is 18.4. The summed E-state index contributed by atoms with van der Waals surface area (Å²) < 4.78 is 4.95. The van der Waals surface area contributed by atoms with Gasteiger partial charge in [-0.3, -0.25) is 0 Å². The number of carboxylic acids is 1. The van der Waals surface area contributed by atoms with Gasteiger partial charge in [0.15, 0.2) is 0 Å². The van der Waals surface area contributed by atoms with Crippen molar-refractivity contribution in [2.75, 3.05) is 0 Å². The van der Waals surface area contributed by atoms with E-state index in [2.05, 4.69) is 0 Å². The van der Waals surface area contributed by atoms with Gasteiger partial charge in [-0.25, -0.2) is 14.4 Å². The lowest BCUT2D eigenvalue weighted by Gasteiger charge is -2.14. The molecular weight excluding hydrogens is 320 g/mol. The molecule has 0 spiro atoms. The van der Waals surface area contributed by atoms with Gasteiger partial charge >= 0.3 is 17.9 Å². The Balaban J connectivity index is 2.41. The summed E-state index contributed by atoms with van der Waals surface area (Å²) in [4.78, 5) is 36.2. The molecule has 0 saturated heterocycles. The zero-order valence-corrected chi connectivity index (χ0v) is 14.2. The molecule has 0 unspecified atom stereocenters. The van der Waals surface area contributed by atoms with Crippen molar-refractivity contribution in [3.05, 3.63) is 70.3 Å². The van der Waals surface area contributed by atoms with Crippen molar-refractivity contribution in [1.82, 2.24) is 0 Å². The third-order valence-corrected chi connectivity index (χ3v) is 3.96. The van der Waals surface area contributed by atoms with Crippen molar-refractivity contribution in [2.45, 2.75) is 33.1 Å². The quantitative estimate of drug-likeness (QED) is 0.634. The lowest BCUT2D eigenvalue weighted by atomic mass is 9.93. The first kappa shape index (κ1) is 18.4. The van der Waals surface area contributed by atoms with Crippen molar-refractivity contribution in [3.8, 4) is 0 Å². The van der Waals surface area contributed by atoms with Gasteiger partial charge in [-0.05, 0) is 49.1 Å². The van der Waals surface area contributed by atoms with Crippen LogP contribution in [0.15, 0.2) is 42.5 Å². The van der Waals surface area contributed by atoms with Gasteiger partial charge in [0.1, 0.15) is 0 Å². The lowest BCUT2D eigenvalue weighted by Crippen LogP contribution is -2.19. The molecule has 0 amide bonds. The van der Waals surface area contributed by atoms with E-state index in [9.17, 15) is 19.5 Å². The maximum atomic E-state index is 12.6.